The van der Waals surface area contributed by atoms with Crippen LogP contribution in [-0.2, 0) is 5.41 Å². The molecule has 0 fully saturated rings. The molecule has 27 heavy (non-hydrogen) atoms. The lowest BCUT2D eigenvalue weighted by Gasteiger charge is -2.34. The highest BCUT2D eigenvalue weighted by Crippen LogP contribution is 2.40. The molecule has 0 aromatic heterocycles. The van der Waals surface area contributed by atoms with Gasteiger partial charge in [-0.3, -0.25) is 4.90 Å². The van der Waals surface area contributed by atoms with Gasteiger partial charge in [0.05, 0.1) is 11.5 Å². The van der Waals surface area contributed by atoms with Crippen molar-refractivity contribution in [2.24, 2.45) is 5.92 Å². The van der Waals surface area contributed by atoms with E-state index in [1.165, 1.54) is 5.56 Å². The van der Waals surface area contributed by atoms with Crippen LogP contribution in [0.3, 0.4) is 0 Å². The van der Waals surface area contributed by atoms with Crippen LogP contribution in [0.15, 0.2) is 54.6 Å². The second-order valence-corrected chi connectivity index (χ2v) is 7.94. The minimum atomic E-state index is -0.548. The minimum Gasteiger partial charge on any atom is -0.297 e. The fourth-order valence-corrected chi connectivity index (χ4v) is 4.24. The molecule has 2 unspecified atom stereocenters. The van der Waals surface area contributed by atoms with Gasteiger partial charge < -0.3 is 0 Å². The molecular weight excluding hydrogens is 352 g/mol. The lowest BCUT2D eigenvalue weighted by molar-refractivity contribution is 0.208. The van der Waals surface area contributed by atoms with Crippen molar-refractivity contribution in [3.63, 3.8) is 0 Å². The smallest absolute Gasteiger partial charge is 0.0859 e. The Morgan fingerprint density at radius 1 is 1.04 bits per heavy atom. The average molecular weight is 383 g/mol. The monoisotopic (exact) mass is 382 g/mol. The molecule has 0 radical (unpaired) electrons. The van der Waals surface area contributed by atoms with E-state index < -0.39 is 5.41 Å². The van der Waals surface area contributed by atoms with Crippen LogP contribution in [0.1, 0.15) is 57.7 Å². The molecule has 2 atom stereocenters. The van der Waals surface area contributed by atoms with E-state index in [4.69, 9.17) is 11.6 Å². The Kier molecular flexibility index (Phi) is 7.90. The zero-order valence-corrected chi connectivity index (χ0v) is 17.7. The summed E-state index contributed by atoms with van der Waals surface area (Å²) in [5.41, 5.74) is 1.75. The predicted molar refractivity (Wildman–Crippen MR) is 115 cm³/mol. The van der Waals surface area contributed by atoms with Gasteiger partial charge in [0.1, 0.15) is 0 Å². The van der Waals surface area contributed by atoms with E-state index in [1.54, 1.807) is 0 Å². The predicted octanol–water partition coefficient (Wildman–Crippen LogP) is 6.62. The third-order valence-corrected chi connectivity index (χ3v) is 6.12. The molecule has 2 rings (SSSR count). The summed E-state index contributed by atoms with van der Waals surface area (Å²) in [6.45, 7) is 10.7. The third-order valence-electron chi connectivity index (χ3n) is 5.79. The van der Waals surface area contributed by atoms with Gasteiger partial charge in [0.2, 0.25) is 0 Å². The quantitative estimate of drug-likeness (QED) is 0.487. The molecule has 2 nitrogen and oxygen atoms in total. The molecule has 0 heterocycles. The lowest BCUT2D eigenvalue weighted by Crippen LogP contribution is -2.34. The van der Waals surface area contributed by atoms with E-state index in [0.717, 1.165) is 31.5 Å². The maximum atomic E-state index is 10.1. The van der Waals surface area contributed by atoms with Crippen LogP contribution >= 0.6 is 11.6 Å². The first-order valence-electron chi connectivity index (χ1n) is 9.91. The van der Waals surface area contributed by atoms with Gasteiger partial charge in [0, 0.05) is 11.1 Å². The minimum absolute atomic E-state index is 0.198. The second-order valence-electron chi connectivity index (χ2n) is 7.54. The summed E-state index contributed by atoms with van der Waals surface area (Å²) in [7, 11) is 0. The van der Waals surface area contributed by atoms with Gasteiger partial charge in [-0.05, 0) is 56.0 Å². The summed E-state index contributed by atoms with van der Waals surface area (Å²) in [4.78, 5) is 2.48. The van der Waals surface area contributed by atoms with Crippen molar-refractivity contribution in [1.82, 2.24) is 4.90 Å². The number of hydrogen-bond acceptors (Lipinski definition) is 2. The van der Waals surface area contributed by atoms with Crippen LogP contribution in [0, 0.1) is 17.2 Å². The van der Waals surface area contributed by atoms with Gasteiger partial charge in [0.25, 0.3) is 0 Å². The van der Waals surface area contributed by atoms with Crippen LogP contribution in [0.2, 0.25) is 5.02 Å². The molecule has 0 amide bonds. The number of benzene rings is 2. The third kappa shape index (κ3) is 4.92. The maximum absolute atomic E-state index is 10.1. The van der Waals surface area contributed by atoms with Crippen molar-refractivity contribution in [3.05, 3.63) is 70.7 Å². The van der Waals surface area contributed by atoms with Gasteiger partial charge in [-0.15, -0.1) is 0 Å². The van der Waals surface area contributed by atoms with Crippen molar-refractivity contribution >= 4 is 11.6 Å². The summed E-state index contributed by atoms with van der Waals surface area (Å²) in [5, 5.41) is 10.8. The Morgan fingerprint density at radius 2 is 1.67 bits per heavy atom. The highest BCUT2D eigenvalue weighted by molar-refractivity contribution is 6.31. The van der Waals surface area contributed by atoms with E-state index in [9.17, 15) is 5.26 Å². The van der Waals surface area contributed by atoms with Crippen LogP contribution in [0.5, 0.6) is 0 Å². The van der Waals surface area contributed by atoms with Crippen molar-refractivity contribution in [2.45, 2.75) is 52.0 Å². The summed E-state index contributed by atoms with van der Waals surface area (Å²) in [5.74, 6) is 0.198. The van der Waals surface area contributed by atoms with E-state index >= 15 is 0 Å². The fraction of sp³-hybridized carbons (Fsp3) is 0.458. The Balaban J connectivity index is 2.13. The molecule has 0 aliphatic carbocycles. The van der Waals surface area contributed by atoms with Crippen molar-refractivity contribution in [1.29, 1.82) is 5.26 Å². The molecule has 2 aromatic carbocycles. The van der Waals surface area contributed by atoms with E-state index in [1.807, 2.05) is 24.3 Å². The average Bonchev–Trinajstić information content (AvgIpc) is 2.69. The molecule has 0 bridgehead atoms. The zero-order valence-electron chi connectivity index (χ0n) is 17.0. The molecule has 144 valence electrons. The molecule has 0 saturated carbocycles. The normalized spacial score (nSPS) is 14.7. The standard InChI is InChI=1S/C24H31ClN2/c1-5-27(20(4)21-12-7-6-8-13-21)17-11-16-24(18-26,19(2)3)22-14-9-10-15-23(22)25/h6-10,12-15,19-20H,5,11,16-17H2,1-4H3. The Labute approximate surface area is 169 Å². The van der Waals surface area contributed by atoms with Crippen LogP contribution in [0.25, 0.3) is 0 Å². The SMILES string of the molecule is CCN(CCCC(C#N)(c1ccccc1Cl)C(C)C)C(C)c1ccccc1. The van der Waals surface area contributed by atoms with Gasteiger partial charge in [0.15, 0.2) is 0 Å². The number of nitrogens with zero attached hydrogens (tertiary/aromatic N) is 2. The first kappa shape index (κ1) is 21.5. The maximum Gasteiger partial charge on any atom is 0.0859 e. The first-order chi connectivity index (χ1) is 13.0. The number of halogens is 1. The molecule has 0 spiro atoms. The Hall–Kier alpha value is -1.82. The Bertz CT molecular complexity index is 750. The van der Waals surface area contributed by atoms with Crippen LogP contribution in [0.4, 0.5) is 0 Å². The molecule has 0 aliphatic rings. The summed E-state index contributed by atoms with van der Waals surface area (Å²) >= 11 is 6.47. The van der Waals surface area contributed by atoms with E-state index in [2.05, 4.69) is 69.0 Å². The largest absolute Gasteiger partial charge is 0.297 e. The molecule has 0 aliphatic heterocycles. The van der Waals surface area contributed by atoms with Gasteiger partial charge in [-0.25, -0.2) is 0 Å². The summed E-state index contributed by atoms with van der Waals surface area (Å²) in [6, 6.07) is 21.4. The molecule has 3 heteroatoms. The second kappa shape index (κ2) is 9.93. The van der Waals surface area contributed by atoms with Crippen molar-refractivity contribution in [2.75, 3.05) is 13.1 Å². The van der Waals surface area contributed by atoms with Gasteiger partial charge in [-0.2, -0.15) is 5.26 Å². The van der Waals surface area contributed by atoms with Gasteiger partial charge in [-0.1, -0.05) is 80.9 Å². The topological polar surface area (TPSA) is 27.0 Å². The zero-order chi connectivity index (χ0) is 19.9. The fourth-order valence-electron chi connectivity index (χ4n) is 3.93. The van der Waals surface area contributed by atoms with Crippen molar-refractivity contribution < 1.29 is 0 Å². The summed E-state index contributed by atoms with van der Waals surface area (Å²) < 4.78 is 0. The van der Waals surface area contributed by atoms with E-state index in [0.29, 0.717) is 11.1 Å². The lowest BCUT2D eigenvalue weighted by atomic mass is 9.70. The highest BCUT2D eigenvalue weighted by Gasteiger charge is 2.37. The van der Waals surface area contributed by atoms with Crippen LogP contribution < -0.4 is 0 Å². The van der Waals surface area contributed by atoms with Crippen molar-refractivity contribution in [3.8, 4) is 6.07 Å². The Morgan fingerprint density at radius 3 is 2.22 bits per heavy atom. The molecular formula is C24H31ClN2. The highest BCUT2D eigenvalue weighted by atomic mass is 35.5. The van der Waals surface area contributed by atoms with Crippen LogP contribution in [-0.4, -0.2) is 18.0 Å². The number of rotatable bonds is 9. The molecule has 0 saturated heterocycles. The number of nitriles is 1. The molecule has 0 N–H and O–H groups in total. The number of hydrogen-bond donors (Lipinski definition) is 0. The summed E-state index contributed by atoms with van der Waals surface area (Å²) in [6.07, 6.45) is 1.77. The van der Waals surface area contributed by atoms with Gasteiger partial charge >= 0.3 is 0 Å². The first-order valence-corrected chi connectivity index (χ1v) is 10.3. The van der Waals surface area contributed by atoms with E-state index in [-0.39, 0.29) is 5.92 Å². The molecule has 2 aromatic rings.